The predicted molar refractivity (Wildman–Crippen MR) is 71.4 cm³/mol. The Balaban J connectivity index is 2.19. The molecule has 0 spiro atoms. The highest BCUT2D eigenvalue weighted by molar-refractivity contribution is 7.91. The average Bonchev–Trinajstić information content (AvgIpc) is 2.39. The van der Waals surface area contributed by atoms with E-state index in [1.54, 1.807) is 12.1 Å². The van der Waals surface area contributed by atoms with Crippen LogP contribution in [0.4, 0.5) is 4.39 Å². The standard InChI is InChI=1S/C13H11ClFNO2S/c14-11-4-3-5-12(15)10(11)7-9-19(17,18)13-6-1-2-8-16-13/h1-6,8H,7,9H2. The van der Waals surface area contributed by atoms with Crippen molar-refractivity contribution in [1.29, 1.82) is 0 Å². The molecule has 1 heterocycles. The summed E-state index contributed by atoms with van der Waals surface area (Å²) in [4.78, 5) is 3.79. The summed E-state index contributed by atoms with van der Waals surface area (Å²) in [6.45, 7) is 0. The zero-order valence-corrected chi connectivity index (χ0v) is 11.5. The fourth-order valence-corrected chi connectivity index (χ4v) is 3.09. The van der Waals surface area contributed by atoms with Crippen molar-refractivity contribution in [3.63, 3.8) is 0 Å². The van der Waals surface area contributed by atoms with Gasteiger partial charge in [-0.2, -0.15) is 0 Å². The van der Waals surface area contributed by atoms with E-state index in [2.05, 4.69) is 4.98 Å². The van der Waals surface area contributed by atoms with Crippen LogP contribution in [0.5, 0.6) is 0 Å². The second-order valence-corrected chi connectivity index (χ2v) is 6.40. The van der Waals surface area contributed by atoms with Gasteiger partial charge in [0.25, 0.3) is 0 Å². The van der Waals surface area contributed by atoms with Gasteiger partial charge in [0, 0.05) is 16.8 Å². The van der Waals surface area contributed by atoms with Crippen LogP contribution in [0.15, 0.2) is 47.6 Å². The van der Waals surface area contributed by atoms with Crippen molar-refractivity contribution in [1.82, 2.24) is 4.98 Å². The van der Waals surface area contributed by atoms with Gasteiger partial charge in [-0.3, -0.25) is 0 Å². The minimum Gasteiger partial charge on any atom is -0.245 e. The molecule has 0 fully saturated rings. The van der Waals surface area contributed by atoms with Crippen LogP contribution in [0.2, 0.25) is 5.02 Å². The van der Waals surface area contributed by atoms with Gasteiger partial charge in [-0.1, -0.05) is 23.7 Å². The van der Waals surface area contributed by atoms with Gasteiger partial charge in [0.2, 0.25) is 0 Å². The van der Waals surface area contributed by atoms with Gasteiger partial charge in [0.05, 0.1) is 5.75 Å². The Bertz CT molecular complexity index is 654. The fraction of sp³-hybridized carbons (Fsp3) is 0.154. The summed E-state index contributed by atoms with van der Waals surface area (Å²) in [5, 5.41) is 0.221. The maximum absolute atomic E-state index is 13.5. The van der Waals surface area contributed by atoms with Gasteiger partial charge in [0.15, 0.2) is 14.9 Å². The Morgan fingerprint density at radius 2 is 1.95 bits per heavy atom. The molecule has 0 bridgehead atoms. The molecular formula is C13H11ClFNO2S. The molecule has 0 radical (unpaired) electrons. The monoisotopic (exact) mass is 299 g/mol. The van der Waals surface area contributed by atoms with E-state index in [1.807, 2.05) is 0 Å². The van der Waals surface area contributed by atoms with E-state index >= 15 is 0 Å². The molecule has 3 nitrogen and oxygen atoms in total. The van der Waals surface area contributed by atoms with Gasteiger partial charge in [0.1, 0.15) is 5.82 Å². The van der Waals surface area contributed by atoms with E-state index in [4.69, 9.17) is 11.6 Å². The zero-order chi connectivity index (χ0) is 13.9. The lowest BCUT2D eigenvalue weighted by Crippen LogP contribution is -2.11. The van der Waals surface area contributed by atoms with Crippen molar-refractivity contribution >= 4 is 21.4 Å². The lowest BCUT2D eigenvalue weighted by molar-refractivity contribution is 0.588. The first-order valence-corrected chi connectivity index (χ1v) is 7.60. The third-order valence-corrected chi connectivity index (χ3v) is 4.61. The Kier molecular flexibility index (Phi) is 4.17. The zero-order valence-electron chi connectivity index (χ0n) is 9.88. The molecule has 0 unspecified atom stereocenters. The minimum atomic E-state index is -3.53. The highest BCUT2D eigenvalue weighted by Gasteiger charge is 2.17. The second kappa shape index (κ2) is 5.67. The largest absolute Gasteiger partial charge is 0.245 e. The number of pyridine rings is 1. The number of aromatic nitrogens is 1. The van der Waals surface area contributed by atoms with Crippen molar-refractivity contribution in [2.75, 3.05) is 5.75 Å². The van der Waals surface area contributed by atoms with E-state index in [0.29, 0.717) is 0 Å². The summed E-state index contributed by atoms with van der Waals surface area (Å²) >= 11 is 5.85. The number of hydrogen-bond acceptors (Lipinski definition) is 3. The molecule has 0 N–H and O–H groups in total. The number of sulfone groups is 1. The summed E-state index contributed by atoms with van der Waals surface area (Å²) in [5.41, 5.74) is 0.212. The molecule has 6 heteroatoms. The van der Waals surface area contributed by atoms with Gasteiger partial charge < -0.3 is 0 Å². The summed E-state index contributed by atoms with van der Waals surface area (Å²) in [6, 6.07) is 8.91. The molecule has 2 rings (SSSR count). The normalized spacial score (nSPS) is 11.5. The van der Waals surface area contributed by atoms with Gasteiger partial charge >= 0.3 is 0 Å². The molecule has 1 aromatic heterocycles. The van der Waals surface area contributed by atoms with Crippen LogP contribution in [0.3, 0.4) is 0 Å². The van der Waals surface area contributed by atoms with Gasteiger partial charge in [-0.05, 0) is 30.7 Å². The molecule has 0 saturated carbocycles. The maximum Gasteiger partial charge on any atom is 0.195 e. The molecule has 19 heavy (non-hydrogen) atoms. The number of halogens is 2. The van der Waals surface area contributed by atoms with E-state index in [1.165, 1.54) is 30.5 Å². The van der Waals surface area contributed by atoms with Crippen LogP contribution in [0, 0.1) is 5.82 Å². The average molecular weight is 300 g/mol. The van der Waals surface area contributed by atoms with E-state index in [9.17, 15) is 12.8 Å². The minimum absolute atomic E-state index is 0.0116. The summed E-state index contributed by atoms with van der Waals surface area (Å²) < 4.78 is 37.5. The Morgan fingerprint density at radius 3 is 2.58 bits per heavy atom. The first kappa shape index (κ1) is 14.0. The third kappa shape index (κ3) is 3.30. The van der Waals surface area contributed by atoms with Crippen molar-refractivity contribution in [2.24, 2.45) is 0 Å². The van der Waals surface area contributed by atoms with Crippen LogP contribution in [-0.2, 0) is 16.3 Å². The Morgan fingerprint density at radius 1 is 1.16 bits per heavy atom. The molecular weight excluding hydrogens is 289 g/mol. The third-order valence-electron chi connectivity index (χ3n) is 2.64. The highest BCUT2D eigenvalue weighted by atomic mass is 35.5. The SMILES string of the molecule is O=S(=O)(CCc1c(F)cccc1Cl)c1ccccn1. The Labute approximate surface area is 116 Å². The highest BCUT2D eigenvalue weighted by Crippen LogP contribution is 2.20. The quantitative estimate of drug-likeness (QED) is 0.872. The van der Waals surface area contributed by atoms with Crippen LogP contribution >= 0.6 is 11.6 Å². The molecule has 0 aliphatic rings. The molecule has 0 amide bonds. The van der Waals surface area contributed by atoms with E-state index < -0.39 is 15.7 Å². The van der Waals surface area contributed by atoms with Crippen LogP contribution in [0.25, 0.3) is 0 Å². The number of rotatable bonds is 4. The molecule has 1 aromatic carbocycles. The van der Waals surface area contributed by atoms with Crippen molar-refractivity contribution < 1.29 is 12.8 Å². The van der Waals surface area contributed by atoms with Crippen LogP contribution in [-0.4, -0.2) is 19.2 Å². The molecule has 2 aromatic rings. The molecule has 0 aliphatic heterocycles. The van der Waals surface area contributed by atoms with E-state index in [0.717, 1.165) is 0 Å². The van der Waals surface area contributed by atoms with Crippen LogP contribution < -0.4 is 0 Å². The van der Waals surface area contributed by atoms with Gasteiger partial charge in [-0.25, -0.2) is 17.8 Å². The van der Waals surface area contributed by atoms with Crippen LogP contribution in [0.1, 0.15) is 5.56 Å². The molecule has 0 atom stereocenters. The molecule has 100 valence electrons. The Hall–Kier alpha value is -1.46. The van der Waals surface area contributed by atoms with Gasteiger partial charge in [-0.15, -0.1) is 0 Å². The lowest BCUT2D eigenvalue weighted by Gasteiger charge is -2.06. The summed E-state index contributed by atoms with van der Waals surface area (Å²) in [5.74, 6) is -0.728. The van der Waals surface area contributed by atoms with Crippen molar-refractivity contribution in [3.05, 3.63) is 59.0 Å². The number of hydrogen-bond donors (Lipinski definition) is 0. The fourth-order valence-electron chi connectivity index (χ4n) is 1.64. The molecule has 0 saturated heterocycles. The smallest absolute Gasteiger partial charge is 0.195 e. The summed E-state index contributed by atoms with van der Waals surface area (Å²) in [7, 11) is -3.53. The predicted octanol–water partition coefficient (Wildman–Crippen LogP) is 2.89. The summed E-state index contributed by atoms with van der Waals surface area (Å²) in [6.07, 6.45) is 1.42. The number of nitrogens with zero attached hydrogens (tertiary/aromatic N) is 1. The molecule has 0 aliphatic carbocycles. The maximum atomic E-state index is 13.5. The van der Waals surface area contributed by atoms with E-state index in [-0.39, 0.29) is 27.8 Å². The van der Waals surface area contributed by atoms with Crippen molar-refractivity contribution in [3.8, 4) is 0 Å². The van der Waals surface area contributed by atoms with Crippen molar-refractivity contribution in [2.45, 2.75) is 11.4 Å². The lowest BCUT2D eigenvalue weighted by atomic mass is 10.1. The second-order valence-electron chi connectivity index (χ2n) is 3.94. The topological polar surface area (TPSA) is 47.0 Å². The first-order valence-electron chi connectivity index (χ1n) is 5.57. The number of benzene rings is 1. The first-order chi connectivity index (χ1) is 9.00.